The molecule has 1 fully saturated rings. The first kappa shape index (κ1) is 18.3. The molecule has 0 saturated carbocycles. The monoisotopic (exact) mass is 379 g/mol. The molecule has 3 heterocycles. The summed E-state index contributed by atoms with van der Waals surface area (Å²) < 4.78 is 3.69. The number of rotatable bonds is 5. The standard InChI is InChI=1S/C20H25N7O/c1-15-13-16(2)26(22-15)12-10-19(28)25-11-6-7-17(14-25)20-21-23-24-27(20)18-8-4-3-5-9-18/h3-5,8-9,13,17H,6-7,10-12,14H2,1-2H3. The highest BCUT2D eigenvalue weighted by molar-refractivity contribution is 5.76. The highest BCUT2D eigenvalue weighted by Crippen LogP contribution is 2.27. The number of aromatic nitrogens is 6. The van der Waals surface area contributed by atoms with E-state index in [1.807, 2.05) is 59.8 Å². The van der Waals surface area contributed by atoms with Gasteiger partial charge in [-0.1, -0.05) is 18.2 Å². The lowest BCUT2D eigenvalue weighted by Crippen LogP contribution is -2.40. The molecule has 1 aliphatic rings. The summed E-state index contributed by atoms with van der Waals surface area (Å²) in [5.41, 5.74) is 3.01. The van der Waals surface area contributed by atoms with Crippen LogP contribution in [-0.4, -0.2) is 53.9 Å². The average Bonchev–Trinajstić information content (AvgIpc) is 3.33. The Labute approximate surface area is 164 Å². The largest absolute Gasteiger partial charge is 0.342 e. The molecule has 3 aromatic rings. The summed E-state index contributed by atoms with van der Waals surface area (Å²) in [6.45, 7) is 6.05. The summed E-state index contributed by atoms with van der Waals surface area (Å²) in [6, 6.07) is 11.9. The molecule has 4 rings (SSSR count). The van der Waals surface area contributed by atoms with E-state index >= 15 is 0 Å². The van der Waals surface area contributed by atoms with E-state index in [0.29, 0.717) is 19.5 Å². The number of hydrogen-bond donors (Lipinski definition) is 0. The van der Waals surface area contributed by atoms with E-state index in [4.69, 9.17) is 0 Å². The van der Waals surface area contributed by atoms with Gasteiger partial charge in [-0.25, -0.2) is 0 Å². The van der Waals surface area contributed by atoms with Crippen LogP contribution >= 0.6 is 0 Å². The van der Waals surface area contributed by atoms with Gasteiger partial charge in [-0.2, -0.15) is 9.78 Å². The Morgan fingerprint density at radius 1 is 1.21 bits per heavy atom. The first-order valence-corrected chi connectivity index (χ1v) is 9.74. The maximum Gasteiger partial charge on any atom is 0.224 e. The Kier molecular flexibility index (Phi) is 5.18. The number of benzene rings is 1. The molecule has 1 aromatic carbocycles. The molecule has 1 saturated heterocycles. The number of amides is 1. The number of para-hydroxylation sites is 1. The minimum atomic E-state index is 0.140. The topological polar surface area (TPSA) is 81.7 Å². The van der Waals surface area contributed by atoms with Crippen molar-refractivity contribution < 1.29 is 4.79 Å². The molecule has 146 valence electrons. The van der Waals surface area contributed by atoms with Crippen molar-refractivity contribution in [2.45, 2.75) is 45.6 Å². The fraction of sp³-hybridized carbons (Fsp3) is 0.450. The van der Waals surface area contributed by atoms with E-state index in [9.17, 15) is 4.79 Å². The fourth-order valence-electron chi connectivity index (χ4n) is 3.88. The molecule has 1 unspecified atom stereocenters. The van der Waals surface area contributed by atoms with Gasteiger partial charge in [0.2, 0.25) is 5.91 Å². The van der Waals surface area contributed by atoms with Crippen LogP contribution < -0.4 is 0 Å². The zero-order chi connectivity index (χ0) is 19.5. The fourth-order valence-corrected chi connectivity index (χ4v) is 3.88. The van der Waals surface area contributed by atoms with E-state index in [1.54, 1.807) is 4.68 Å². The smallest absolute Gasteiger partial charge is 0.224 e. The van der Waals surface area contributed by atoms with E-state index in [2.05, 4.69) is 20.6 Å². The van der Waals surface area contributed by atoms with Crippen molar-refractivity contribution in [2.24, 2.45) is 0 Å². The quantitative estimate of drug-likeness (QED) is 0.679. The van der Waals surface area contributed by atoms with Crippen LogP contribution in [0.2, 0.25) is 0 Å². The van der Waals surface area contributed by atoms with Gasteiger partial charge >= 0.3 is 0 Å². The number of carbonyl (C=O) groups is 1. The Morgan fingerprint density at radius 2 is 2.04 bits per heavy atom. The third-order valence-electron chi connectivity index (χ3n) is 5.27. The first-order valence-electron chi connectivity index (χ1n) is 9.74. The molecule has 2 aromatic heterocycles. The third-order valence-corrected chi connectivity index (χ3v) is 5.27. The second kappa shape index (κ2) is 7.92. The maximum absolute atomic E-state index is 12.8. The van der Waals surface area contributed by atoms with Crippen LogP contribution in [0.25, 0.3) is 5.69 Å². The summed E-state index contributed by atoms with van der Waals surface area (Å²) >= 11 is 0. The second-order valence-corrected chi connectivity index (χ2v) is 7.36. The van der Waals surface area contributed by atoms with Crippen LogP contribution in [0.1, 0.15) is 42.4 Å². The van der Waals surface area contributed by atoms with Gasteiger partial charge in [-0.3, -0.25) is 9.48 Å². The highest BCUT2D eigenvalue weighted by atomic mass is 16.2. The number of aryl methyl sites for hydroxylation is 3. The second-order valence-electron chi connectivity index (χ2n) is 7.36. The van der Waals surface area contributed by atoms with Crippen molar-refractivity contribution in [1.29, 1.82) is 0 Å². The molecule has 1 atom stereocenters. The molecule has 0 radical (unpaired) electrons. The Bertz CT molecular complexity index is 947. The molecular formula is C20H25N7O. The highest BCUT2D eigenvalue weighted by Gasteiger charge is 2.28. The van der Waals surface area contributed by atoms with Crippen molar-refractivity contribution in [3.63, 3.8) is 0 Å². The van der Waals surface area contributed by atoms with Crippen LogP contribution in [0.3, 0.4) is 0 Å². The summed E-state index contributed by atoms with van der Waals surface area (Å²) in [7, 11) is 0. The van der Waals surface area contributed by atoms with Gasteiger partial charge in [-0.05, 0) is 55.3 Å². The number of likely N-dealkylation sites (tertiary alicyclic amines) is 1. The lowest BCUT2D eigenvalue weighted by molar-refractivity contribution is -0.132. The number of tetrazole rings is 1. The lowest BCUT2D eigenvalue weighted by atomic mass is 9.96. The third kappa shape index (κ3) is 3.81. The lowest BCUT2D eigenvalue weighted by Gasteiger charge is -2.32. The van der Waals surface area contributed by atoms with E-state index in [1.165, 1.54) is 0 Å². The van der Waals surface area contributed by atoms with Gasteiger partial charge in [0.25, 0.3) is 0 Å². The molecular weight excluding hydrogens is 354 g/mol. The Hall–Kier alpha value is -3.03. The van der Waals surface area contributed by atoms with Crippen LogP contribution in [0.15, 0.2) is 36.4 Å². The van der Waals surface area contributed by atoms with Gasteiger partial charge < -0.3 is 4.90 Å². The van der Waals surface area contributed by atoms with Gasteiger partial charge in [-0.15, -0.1) is 5.10 Å². The van der Waals surface area contributed by atoms with E-state index < -0.39 is 0 Å². The van der Waals surface area contributed by atoms with E-state index in [-0.39, 0.29) is 11.8 Å². The molecule has 1 aliphatic heterocycles. The maximum atomic E-state index is 12.8. The summed E-state index contributed by atoms with van der Waals surface area (Å²) in [4.78, 5) is 14.7. The number of nitrogens with zero attached hydrogens (tertiary/aromatic N) is 7. The molecule has 0 N–H and O–H groups in total. The zero-order valence-electron chi connectivity index (χ0n) is 16.3. The summed E-state index contributed by atoms with van der Waals surface area (Å²) in [5, 5.41) is 16.8. The van der Waals surface area contributed by atoms with Crippen molar-refractivity contribution in [3.05, 3.63) is 53.6 Å². The van der Waals surface area contributed by atoms with Gasteiger partial charge in [0.1, 0.15) is 0 Å². The van der Waals surface area contributed by atoms with Crippen LogP contribution in [0.5, 0.6) is 0 Å². The van der Waals surface area contributed by atoms with Gasteiger partial charge in [0.05, 0.1) is 11.4 Å². The van der Waals surface area contributed by atoms with Crippen molar-refractivity contribution in [1.82, 2.24) is 34.9 Å². The molecule has 0 bridgehead atoms. The molecule has 0 spiro atoms. The Morgan fingerprint density at radius 3 is 2.79 bits per heavy atom. The minimum Gasteiger partial charge on any atom is -0.342 e. The number of piperidine rings is 1. The predicted octanol–water partition coefficient (Wildman–Crippen LogP) is 2.27. The SMILES string of the molecule is Cc1cc(C)n(CCC(=O)N2CCCC(c3nnnn3-c3ccccc3)C2)n1. The van der Waals surface area contributed by atoms with Crippen LogP contribution in [0, 0.1) is 13.8 Å². The minimum absolute atomic E-state index is 0.140. The number of hydrogen-bond acceptors (Lipinski definition) is 5. The van der Waals surface area contributed by atoms with Crippen molar-refractivity contribution >= 4 is 5.91 Å². The van der Waals surface area contributed by atoms with Crippen LogP contribution in [0.4, 0.5) is 0 Å². The van der Waals surface area contributed by atoms with Crippen molar-refractivity contribution in [2.75, 3.05) is 13.1 Å². The van der Waals surface area contributed by atoms with Gasteiger partial charge in [0.15, 0.2) is 5.82 Å². The zero-order valence-corrected chi connectivity index (χ0v) is 16.3. The summed E-state index contributed by atoms with van der Waals surface area (Å²) in [5.74, 6) is 1.12. The summed E-state index contributed by atoms with van der Waals surface area (Å²) in [6.07, 6.45) is 2.39. The number of carbonyl (C=O) groups excluding carboxylic acids is 1. The predicted molar refractivity (Wildman–Crippen MR) is 104 cm³/mol. The molecule has 0 aliphatic carbocycles. The normalized spacial score (nSPS) is 17.1. The average molecular weight is 379 g/mol. The Balaban J connectivity index is 1.43. The van der Waals surface area contributed by atoms with Crippen LogP contribution in [-0.2, 0) is 11.3 Å². The molecule has 8 nitrogen and oxygen atoms in total. The van der Waals surface area contributed by atoms with E-state index in [0.717, 1.165) is 42.3 Å². The first-order chi connectivity index (χ1) is 13.6. The van der Waals surface area contributed by atoms with Crippen molar-refractivity contribution in [3.8, 4) is 5.69 Å². The molecule has 28 heavy (non-hydrogen) atoms. The molecule has 8 heteroatoms. The van der Waals surface area contributed by atoms with Gasteiger partial charge in [0, 0.05) is 37.7 Å². The molecule has 1 amide bonds.